The zero-order valence-electron chi connectivity index (χ0n) is 24.1. The van der Waals surface area contributed by atoms with Gasteiger partial charge in [-0.1, -0.05) is 37.5 Å². The number of aromatic nitrogens is 1. The number of benzene rings is 2. The van der Waals surface area contributed by atoms with Crippen LogP contribution < -0.4 is 10.1 Å². The second-order valence-corrected chi connectivity index (χ2v) is 12.5. The lowest BCUT2D eigenvalue weighted by molar-refractivity contribution is 0.0796. The molecule has 3 heterocycles. The average molecular weight is 545 g/mol. The van der Waals surface area contributed by atoms with Gasteiger partial charge in [-0.2, -0.15) is 0 Å². The van der Waals surface area contributed by atoms with Gasteiger partial charge in [0.2, 0.25) is 0 Å². The fourth-order valence-corrected chi connectivity index (χ4v) is 7.17. The molecule has 2 aliphatic heterocycles. The smallest absolute Gasteiger partial charge is 0.251 e. The van der Waals surface area contributed by atoms with Crippen molar-refractivity contribution in [1.29, 1.82) is 0 Å². The number of carbonyl (C=O) groups is 1. The normalized spacial score (nSPS) is 19.1. The highest BCUT2D eigenvalue weighted by Gasteiger charge is 2.31. The van der Waals surface area contributed by atoms with Gasteiger partial charge in [0.25, 0.3) is 5.91 Å². The summed E-state index contributed by atoms with van der Waals surface area (Å²) in [5, 5.41) is 13.8. The van der Waals surface area contributed by atoms with Crippen LogP contribution >= 0.6 is 0 Å². The van der Waals surface area contributed by atoms with Crippen LogP contribution in [0.3, 0.4) is 0 Å². The number of amides is 1. The van der Waals surface area contributed by atoms with Gasteiger partial charge in [-0.15, -0.1) is 0 Å². The number of nitrogens with zero attached hydrogens (tertiary/aromatic N) is 3. The third-order valence-electron chi connectivity index (χ3n) is 9.05. The summed E-state index contributed by atoms with van der Waals surface area (Å²) in [6, 6.07) is 14.8. The number of hydrogen-bond donors (Lipinski definition) is 2. The van der Waals surface area contributed by atoms with E-state index in [-0.39, 0.29) is 18.1 Å². The van der Waals surface area contributed by atoms with Crippen molar-refractivity contribution in [3.05, 3.63) is 53.6 Å². The van der Waals surface area contributed by atoms with Crippen LogP contribution in [0, 0.1) is 0 Å². The van der Waals surface area contributed by atoms with Gasteiger partial charge in [0.1, 0.15) is 12.4 Å². The molecule has 6 rings (SSSR count). The number of ether oxygens (including phenoxy) is 1. The van der Waals surface area contributed by atoms with Crippen LogP contribution in [0.2, 0.25) is 0 Å². The van der Waals surface area contributed by atoms with Crippen LogP contribution in [0.4, 0.5) is 0 Å². The van der Waals surface area contributed by atoms with E-state index in [2.05, 4.69) is 69.9 Å². The predicted octanol–water partition coefficient (Wildman–Crippen LogP) is 4.87. The van der Waals surface area contributed by atoms with E-state index >= 15 is 0 Å². The summed E-state index contributed by atoms with van der Waals surface area (Å²) in [5.74, 6) is 1.47. The third kappa shape index (κ3) is 5.52. The first-order valence-corrected chi connectivity index (χ1v) is 15.2. The Kier molecular flexibility index (Phi) is 7.89. The minimum Gasteiger partial charge on any atom is -0.491 e. The van der Waals surface area contributed by atoms with E-state index in [4.69, 9.17) is 4.74 Å². The van der Waals surface area contributed by atoms with Crippen LogP contribution in [-0.4, -0.2) is 83.4 Å². The lowest BCUT2D eigenvalue weighted by Gasteiger charge is -2.39. The molecule has 7 heteroatoms. The first kappa shape index (κ1) is 27.3. The van der Waals surface area contributed by atoms with E-state index in [0.717, 1.165) is 57.1 Å². The number of piperazine rings is 1. The molecule has 40 heavy (non-hydrogen) atoms. The SMILES string of the molecule is CC(C)(CN1CCN(CCO)CC1)NC(=O)c1ccc2c(C3CCCCC3)c3n(c2c1)CCOc1ccccc1-3. The monoisotopic (exact) mass is 544 g/mol. The van der Waals surface area contributed by atoms with Gasteiger partial charge in [-0.3, -0.25) is 14.6 Å². The molecule has 0 unspecified atom stereocenters. The molecule has 7 nitrogen and oxygen atoms in total. The van der Waals surface area contributed by atoms with Gasteiger partial charge in [-0.05, 0) is 62.4 Å². The molecule has 0 radical (unpaired) electrons. The standard InChI is InChI=1S/C33H44N4O3/c1-33(2,23-36-16-14-35(15-17-36)18-20-38)34-32(39)25-12-13-26-28(22-25)37-19-21-40-29-11-7-6-10-27(29)31(37)30(26)24-8-4-3-5-9-24/h6-7,10-13,22,24,38H,3-5,8-9,14-21,23H2,1-2H3,(H,34,39). The molecule has 0 spiro atoms. The Morgan fingerprint density at radius 3 is 2.52 bits per heavy atom. The van der Waals surface area contributed by atoms with Crippen LogP contribution in [0.5, 0.6) is 5.75 Å². The van der Waals surface area contributed by atoms with Crippen LogP contribution in [-0.2, 0) is 6.54 Å². The molecule has 1 amide bonds. The summed E-state index contributed by atoms with van der Waals surface area (Å²) < 4.78 is 8.61. The Morgan fingerprint density at radius 1 is 1.00 bits per heavy atom. The van der Waals surface area contributed by atoms with Crippen molar-refractivity contribution in [3.63, 3.8) is 0 Å². The fourth-order valence-electron chi connectivity index (χ4n) is 7.17. The Labute approximate surface area is 238 Å². The summed E-state index contributed by atoms with van der Waals surface area (Å²) in [6.45, 7) is 11.2. The van der Waals surface area contributed by atoms with E-state index in [1.54, 1.807) is 0 Å². The number of rotatable bonds is 7. The Morgan fingerprint density at radius 2 is 1.75 bits per heavy atom. The van der Waals surface area contributed by atoms with E-state index in [0.29, 0.717) is 18.1 Å². The molecule has 3 aromatic rings. The molecule has 0 atom stereocenters. The molecule has 2 N–H and O–H groups in total. The van der Waals surface area contributed by atoms with E-state index < -0.39 is 0 Å². The number of nitrogens with one attached hydrogen (secondary N) is 1. The zero-order chi connectivity index (χ0) is 27.7. The average Bonchev–Trinajstić information content (AvgIpc) is 3.15. The maximum absolute atomic E-state index is 13.6. The van der Waals surface area contributed by atoms with Gasteiger partial charge in [0.05, 0.1) is 18.8 Å². The maximum atomic E-state index is 13.6. The van der Waals surface area contributed by atoms with Crippen molar-refractivity contribution in [2.45, 2.75) is 64.0 Å². The topological polar surface area (TPSA) is 70.0 Å². The van der Waals surface area contributed by atoms with Gasteiger partial charge in [-0.25, -0.2) is 0 Å². The molecule has 1 aromatic heterocycles. The molecule has 1 saturated carbocycles. The predicted molar refractivity (Wildman–Crippen MR) is 160 cm³/mol. The van der Waals surface area contributed by atoms with Crippen molar-refractivity contribution < 1.29 is 14.6 Å². The highest BCUT2D eigenvalue weighted by molar-refractivity contribution is 6.01. The molecule has 3 aliphatic rings. The number of aliphatic hydroxyl groups is 1. The molecule has 2 aromatic carbocycles. The minimum atomic E-state index is -0.360. The summed E-state index contributed by atoms with van der Waals surface area (Å²) in [6.07, 6.45) is 6.32. The molecular formula is C33H44N4O3. The lowest BCUT2D eigenvalue weighted by atomic mass is 9.81. The summed E-state index contributed by atoms with van der Waals surface area (Å²) >= 11 is 0. The molecule has 0 bridgehead atoms. The molecular weight excluding hydrogens is 500 g/mol. The maximum Gasteiger partial charge on any atom is 0.251 e. The number of hydrogen-bond acceptors (Lipinski definition) is 5. The Bertz CT molecular complexity index is 1350. The van der Waals surface area contributed by atoms with Gasteiger partial charge < -0.3 is 19.7 Å². The summed E-state index contributed by atoms with van der Waals surface area (Å²) in [5.41, 5.74) is 5.39. The minimum absolute atomic E-state index is 0.0224. The Hall–Kier alpha value is -2.87. The fraction of sp³-hybridized carbons (Fsp3) is 0.545. The highest BCUT2D eigenvalue weighted by atomic mass is 16.5. The number of β-amino-alcohol motifs (C(OH)–C–C–N with tert-alkyl or cyclic N) is 1. The van der Waals surface area contributed by atoms with Crippen molar-refractivity contribution in [2.24, 2.45) is 0 Å². The van der Waals surface area contributed by atoms with Crippen molar-refractivity contribution >= 4 is 16.8 Å². The van der Waals surface area contributed by atoms with Gasteiger partial charge in [0.15, 0.2) is 0 Å². The highest BCUT2D eigenvalue weighted by Crippen LogP contribution is 2.47. The number of fused-ring (bicyclic) bond motifs is 5. The Balaban J connectivity index is 1.29. The van der Waals surface area contributed by atoms with E-state index in [1.807, 2.05) is 6.07 Å². The largest absolute Gasteiger partial charge is 0.491 e. The zero-order valence-corrected chi connectivity index (χ0v) is 24.1. The summed E-state index contributed by atoms with van der Waals surface area (Å²) in [4.78, 5) is 18.3. The number of carbonyl (C=O) groups excluding carboxylic acids is 1. The van der Waals surface area contributed by atoms with Crippen LogP contribution in [0.15, 0.2) is 42.5 Å². The van der Waals surface area contributed by atoms with Gasteiger partial charge >= 0.3 is 0 Å². The van der Waals surface area contributed by atoms with E-state index in [9.17, 15) is 9.90 Å². The summed E-state index contributed by atoms with van der Waals surface area (Å²) in [7, 11) is 0. The molecule has 2 fully saturated rings. The van der Waals surface area contributed by atoms with E-state index in [1.165, 1.54) is 54.3 Å². The van der Waals surface area contributed by atoms with Crippen molar-refractivity contribution in [3.8, 4) is 17.0 Å². The second-order valence-electron chi connectivity index (χ2n) is 12.5. The van der Waals surface area contributed by atoms with Crippen molar-refractivity contribution in [1.82, 2.24) is 19.7 Å². The first-order valence-electron chi connectivity index (χ1n) is 15.2. The van der Waals surface area contributed by atoms with Crippen LogP contribution in [0.25, 0.3) is 22.2 Å². The first-order chi connectivity index (χ1) is 19.4. The third-order valence-corrected chi connectivity index (χ3v) is 9.05. The van der Waals surface area contributed by atoms with Gasteiger partial charge in [0, 0.05) is 66.8 Å². The molecule has 1 aliphatic carbocycles. The second kappa shape index (κ2) is 11.6. The molecule has 214 valence electrons. The number of aliphatic hydroxyl groups excluding tert-OH is 1. The number of para-hydroxylation sites is 1. The van der Waals surface area contributed by atoms with Crippen LogP contribution in [0.1, 0.15) is 67.8 Å². The van der Waals surface area contributed by atoms with Crippen molar-refractivity contribution in [2.75, 3.05) is 52.5 Å². The lowest BCUT2D eigenvalue weighted by Crippen LogP contribution is -2.56. The quantitative estimate of drug-likeness (QED) is 0.444. The molecule has 1 saturated heterocycles.